The van der Waals surface area contributed by atoms with Gasteiger partial charge in [-0.15, -0.1) is 11.3 Å². The molecule has 0 fully saturated rings. The van der Waals surface area contributed by atoms with Gasteiger partial charge in [0, 0.05) is 30.2 Å². The highest BCUT2D eigenvalue weighted by atomic mass is 127. The number of alkyl halides is 3. The van der Waals surface area contributed by atoms with Gasteiger partial charge in [-0.3, -0.25) is 19.0 Å². The maximum absolute atomic E-state index is 13.7. The molecule has 2 amide bonds. The summed E-state index contributed by atoms with van der Waals surface area (Å²) in [6.07, 6.45) is -1.80. The van der Waals surface area contributed by atoms with Gasteiger partial charge in [0.15, 0.2) is 0 Å². The highest BCUT2D eigenvalue weighted by Crippen LogP contribution is 2.44. The third kappa shape index (κ3) is 4.04. The molecule has 0 atom stereocenters. The molecule has 14 heteroatoms. The van der Waals surface area contributed by atoms with Gasteiger partial charge in [0.05, 0.1) is 21.7 Å². The molecule has 178 valence electrons. The highest BCUT2D eigenvalue weighted by molar-refractivity contribution is 14.1. The third-order valence-corrected chi connectivity index (χ3v) is 7.10. The standard InChI is InChI=1S/C20H17F3IN7O2S/c1-4-31-8(2)10(6-27-31)9-5-12(20(21,22)23)28-19-13(9)14(16(34-19)17(25)32)29-18(33)15-11(24)7-26-30(15)3/h5-7H,4H2,1-3H3,(H2,25,32)(H,29,33). The lowest BCUT2D eigenvalue weighted by Gasteiger charge is -2.12. The molecule has 4 heterocycles. The number of pyridine rings is 1. The van der Waals surface area contributed by atoms with Crippen molar-refractivity contribution in [2.75, 3.05) is 5.32 Å². The van der Waals surface area contributed by atoms with Crippen LogP contribution in [0.25, 0.3) is 21.3 Å². The number of nitrogens with zero attached hydrogens (tertiary/aromatic N) is 5. The van der Waals surface area contributed by atoms with Gasteiger partial charge >= 0.3 is 6.18 Å². The van der Waals surface area contributed by atoms with Crippen molar-refractivity contribution in [1.29, 1.82) is 0 Å². The lowest BCUT2D eigenvalue weighted by Crippen LogP contribution is -2.20. The van der Waals surface area contributed by atoms with Crippen LogP contribution in [-0.4, -0.2) is 36.4 Å². The van der Waals surface area contributed by atoms with Crippen molar-refractivity contribution in [2.45, 2.75) is 26.6 Å². The van der Waals surface area contributed by atoms with Crippen LogP contribution < -0.4 is 11.1 Å². The lowest BCUT2D eigenvalue weighted by atomic mass is 10.0. The number of primary amides is 1. The Labute approximate surface area is 208 Å². The first kappa shape index (κ1) is 24.1. The summed E-state index contributed by atoms with van der Waals surface area (Å²) in [7, 11) is 1.57. The number of halogens is 4. The average Bonchev–Trinajstić information content (AvgIpc) is 3.41. The van der Waals surface area contributed by atoms with Crippen LogP contribution in [0.15, 0.2) is 18.5 Å². The van der Waals surface area contributed by atoms with Crippen molar-refractivity contribution in [3.05, 3.63) is 44.0 Å². The molecule has 9 nitrogen and oxygen atoms in total. The Morgan fingerprint density at radius 3 is 2.47 bits per heavy atom. The summed E-state index contributed by atoms with van der Waals surface area (Å²) < 4.78 is 44.6. The second kappa shape index (κ2) is 8.65. The topological polar surface area (TPSA) is 121 Å². The van der Waals surface area contributed by atoms with Gasteiger partial charge in [-0.1, -0.05) is 0 Å². The van der Waals surface area contributed by atoms with E-state index >= 15 is 0 Å². The van der Waals surface area contributed by atoms with E-state index in [1.807, 2.05) is 29.5 Å². The van der Waals surface area contributed by atoms with Crippen molar-refractivity contribution < 1.29 is 22.8 Å². The number of aryl methyl sites for hydroxylation is 2. The zero-order valence-electron chi connectivity index (χ0n) is 18.0. The van der Waals surface area contributed by atoms with Crippen LogP contribution in [0.2, 0.25) is 0 Å². The Hall–Kier alpha value is -3.01. The Morgan fingerprint density at radius 1 is 1.24 bits per heavy atom. The average molecular weight is 603 g/mol. The molecule has 0 aliphatic heterocycles. The Morgan fingerprint density at radius 2 is 1.94 bits per heavy atom. The lowest BCUT2D eigenvalue weighted by molar-refractivity contribution is -0.140. The van der Waals surface area contributed by atoms with Gasteiger partial charge in [-0.2, -0.15) is 23.4 Å². The van der Waals surface area contributed by atoms with E-state index in [9.17, 15) is 22.8 Å². The summed E-state index contributed by atoms with van der Waals surface area (Å²) in [4.78, 5) is 28.9. The van der Waals surface area contributed by atoms with Crippen molar-refractivity contribution in [3.8, 4) is 11.1 Å². The first-order valence-electron chi connectivity index (χ1n) is 9.80. The third-order valence-electron chi connectivity index (χ3n) is 5.22. The number of fused-ring (bicyclic) bond motifs is 1. The molecule has 4 aromatic rings. The summed E-state index contributed by atoms with van der Waals surface area (Å²) in [5.74, 6) is -1.50. The SMILES string of the molecule is CCn1ncc(-c2cc(C(F)(F)F)nc3sc(C(N)=O)c(NC(=O)c4c(I)cnn4C)c23)c1C. The summed E-state index contributed by atoms with van der Waals surface area (Å²) in [5, 5.41) is 11.1. The van der Waals surface area contributed by atoms with Gasteiger partial charge in [0.2, 0.25) is 0 Å². The first-order chi connectivity index (χ1) is 15.9. The number of amides is 2. The van der Waals surface area contributed by atoms with Crippen LogP contribution in [-0.2, 0) is 19.8 Å². The molecule has 34 heavy (non-hydrogen) atoms. The van der Waals surface area contributed by atoms with E-state index in [1.54, 1.807) is 18.7 Å². The molecule has 0 saturated heterocycles. The van der Waals surface area contributed by atoms with Crippen LogP contribution in [0, 0.1) is 10.5 Å². The van der Waals surface area contributed by atoms with Crippen molar-refractivity contribution >= 4 is 61.6 Å². The number of carbonyl (C=O) groups excluding carboxylic acids is 2. The van der Waals surface area contributed by atoms with E-state index in [4.69, 9.17) is 5.73 Å². The maximum atomic E-state index is 13.7. The van der Waals surface area contributed by atoms with Crippen molar-refractivity contribution in [2.24, 2.45) is 12.8 Å². The zero-order chi connectivity index (χ0) is 24.9. The molecule has 0 radical (unpaired) electrons. The number of hydrogen-bond acceptors (Lipinski definition) is 6. The summed E-state index contributed by atoms with van der Waals surface area (Å²) in [6.45, 7) is 4.08. The molecule has 0 unspecified atom stereocenters. The number of rotatable bonds is 5. The molecule has 0 aromatic carbocycles. The minimum Gasteiger partial charge on any atom is -0.365 e. The maximum Gasteiger partial charge on any atom is 0.433 e. The quantitative estimate of drug-likeness (QED) is 0.332. The first-order valence-corrected chi connectivity index (χ1v) is 11.7. The number of nitrogens with one attached hydrogen (secondary N) is 1. The molecular weight excluding hydrogens is 586 g/mol. The molecule has 4 rings (SSSR count). The van der Waals surface area contributed by atoms with Gasteiger partial charge in [-0.05, 0) is 48.1 Å². The number of aromatic nitrogens is 5. The molecule has 0 saturated carbocycles. The van der Waals surface area contributed by atoms with Gasteiger partial charge < -0.3 is 11.1 Å². The Bertz CT molecular complexity index is 1440. The predicted molar refractivity (Wildman–Crippen MR) is 129 cm³/mol. The minimum atomic E-state index is -4.73. The smallest absolute Gasteiger partial charge is 0.365 e. The predicted octanol–water partition coefficient (Wildman–Crippen LogP) is 4.20. The number of carbonyl (C=O) groups is 2. The number of nitrogens with two attached hydrogens (primary N) is 1. The molecule has 4 aromatic heterocycles. The van der Waals surface area contributed by atoms with Crippen molar-refractivity contribution in [1.82, 2.24) is 24.5 Å². The molecule has 0 spiro atoms. The Kier molecular flexibility index (Phi) is 6.14. The van der Waals surface area contributed by atoms with E-state index in [2.05, 4.69) is 20.5 Å². The van der Waals surface area contributed by atoms with Crippen LogP contribution in [0.4, 0.5) is 18.9 Å². The molecule has 3 N–H and O–H groups in total. The fourth-order valence-electron chi connectivity index (χ4n) is 3.62. The molecule has 0 aliphatic rings. The van der Waals surface area contributed by atoms with E-state index in [0.717, 1.165) is 6.07 Å². The van der Waals surface area contributed by atoms with Crippen LogP contribution >= 0.6 is 33.9 Å². The second-order valence-electron chi connectivity index (χ2n) is 7.28. The summed E-state index contributed by atoms with van der Waals surface area (Å²) in [6, 6.07) is 0.896. The van der Waals surface area contributed by atoms with Crippen LogP contribution in [0.1, 0.15) is 38.5 Å². The normalized spacial score (nSPS) is 11.9. The number of thiophene rings is 1. The second-order valence-corrected chi connectivity index (χ2v) is 9.44. The van der Waals surface area contributed by atoms with E-state index < -0.39 is 23.7 Å². The molecular formula is C20H17F3IN7O2S. The summed E-state index contributed by atoms with van der Waals surface area (Å²) >= 11 is 2.62. The monoisotopic (exact) mass is 603 g/mol. The van der Waals surface area contributed by atoms with Crippen LogP contribution in [0.5, 0.6) is 0 Å². The summed E-state index contributed by atoms with van der Waals surface area (Å²) in [5.41, 5.74) is 5.78. The molecule has 0 aliphatic carbocycles. The highest BCUT2D eigenvalue weighted by Gasteiger charge is 2.35. The van der Waals surface area contributed by atoms with Gasteiger partial charge in [0.1, 0.15) is 21.1 Å². The van der Waals surface area contributed by atoms with E-state index in [-0.39, 0.29) is 32.0 Å². The largest absolute Gasteiger partial charge is 0.433 e. The fraction of sp³-hybridized carbons (Fsp3) is 0.250. The number of anilines is 1. The van der Waals surface area contributed by atoms with Crippen molar-refractivity contribution in [3.63, 3.8) is 0 Å². The molecule has 0 bridgehead atoms. The zero-order valence-corrected chi connectivity index (χ0v) is 21.0. The van der Waals surface area contributed by atoms with Gasteiger partial charge in [-0.25, -0.2) is 4.98 Å². The van der Waals surface area contributed by atoms with Gasteiger partial charge in [0.25, 0.3) is 11.8 Å². The van der Waals surface area contributed by atoms with E-state index in [1.165, 1.54) is 17.1 Å². The van der Waals surface area contributed by atoms with E-state index in [0.29, 0.717) is 32.7 Å². The fourth-order valence-corrected chi connectivity index (χ4v) is 5.34. The Balaban J connectivity index is 2.03. The number of hydrogen-bond donors (Lipinski definition) is 2. The van der Waals surface area contributed by atoms with Crippen LogP contribution in [0.3, 0.4) is 0 Å². The minimum absolute atomic E-state index is 0.00521.